The summed E-state index contributed by atoms with van der Waals surface area (Å²) in [6.07, 6.45) is 1.58. The number of ether oxygens (including phenoxy) is 3. The molecule has 0 saturated carbocycles. The van der Waals surface area contributed by atoms with E-state index in [1.165, 1.54) is 7.11 Å². The van der Waals surface area contributed by atoms with Crippen LogP contribution in [0, 0.1) is 0 Å². The summed E-state index contributed by atoms with van der Waals surface area (Å²) in [5, 5.41) is 5.36. The lowest BCUT2D eigenvalue weighted by Crippen LogP contribution is -2.34. The maximum atomic E-state index is 12.7. The van der Waals surface area contributed by atoms with Gasteiger partial charge in [-0.3, -0.25) is 9.59 Å². The fraction of sp³-hybridized carbons (Fsp3) is 0.200. The molecule has 0 spiro atoms. The lowest BCUT2D eigenvalue weighted by atomic mass is 10.1. The highest BCUT2D eigenvalue weighted by Gasteiger charge is 2.18. The second-order valence-electron chi connectivity index (χ2n) is 5.68. The Balaban J connectivity index is 1.89. The van der Waals surface area contributed by atoms with E-state index in [9.17, 15) is 9.59 Å². The van der Waals surface area contributed by atoms with Crippen molar-refractivity contribution in [2.24, 2.45) is 0 Å². The Hall–Kier alpha value is -3.48. The number of carbonyl (C=O) groups excluding carboxylic acids is 2. The van der Waals surface area contributed by atoms with E-state index in [1.807, 2.05) is 0 Å². The van der Waals surface area contributed by atoms with Gasteiger partial charge in [-0.25, -0.2) is 0 Å². The van der Waals surface area contributed by atoms with Crippen LogP contribution in [0.25, 0.3) is 6.08 Å². The van der Waals surface area contributed by atoms with Crippen LogP contribution in [0.15, 0.2) is 48.2 Å². The largest absolute Gasteiger partial charge is 0.496 e. The summed E-state index contributed by atoms with van der Waals surface area (Å²) in [6.45, 7) is 2.40. The minimum atomic E-state index is -0.439. The highest BCUT2D eigenvalue weighted by atomic mass is 16.7. The first-order chi connectivity index (χ1) is 13.1. The first-order valence-corrected chi connectivity index (χ1v) is 8.46. The Morgan fingerprint density at radius 2 is 1.93 bits per heavy atom. The molecule has 2 N–H and O–H groups in total. The normalized spacial score (nSPS) is 12.4. The average Bonchev–Trinajstić information content (AvgIpc) is 3.15. The second kappa shape index (κ2) is 8.27. The van der Waals surface area contributed by atoms with E-state index < -0.39 is 11.8 Å². The van der Waals surface area contributed by atoms with Crippen LogP contribution in [0.4, 0.5) is 0 Å². The van der Waals surface area contributed by atoms with Crippen LogP contribution in [0.5, 0.6) is 17.2 Å². The summed E-state index contributed by atoms with van der Waals surface area (Å²) < 4.78 is 15.9. The van der Waals surface area contributed by atoms with Crippen LogP contribution in [0.3, 0.4) is 0 Å². The summed E-state index contributed by atoms with van der Waals surface area (Å²) in [5.41, 5.74) is 1.15. The van der Waals surface area contributed by atoms with Crippen molar-refractivity contribution >= 4 is 17.9 Å². The van der Waals surface area contributed by atoms with E-state index in [0.29, 0.717) is 34.9 Å². The van der Waals surface area contributed by atoms with Crippen molar-refractivity contribution in [3.8, 4) is 17.2 Å². The zero-order valence-electron chi connectivity index (χ0n) is 15.1. The second-order valence-corrected chi connectivity index (χ2v) is 5.68. The van der Waals surface area contributed by atoms with E-state index >= 15 is 0 Å². The summed E-state index contributed by atoms with van der Waals surface area (Å²) >= 11 is 0. The lowest BCUT2D eigenvalue weighted by Gasteiger charge is -2.12. The summed E-state index contributed by atoms with van der Waals surface area (Å²) in [4.78, 5) is 25.1. The van der Waals surface area contributed by atoms with Crippen LogP contribution >= 0.6 is 0 Å². The number of nitrogens with one attached hydrogen (secondary N) is 2. The topological polar surface area (TPSA) is 85.9 Å². The molecule has 0 aromatic heterocycles. The Labute approximate surface area is 156 Å². The van der Waals surface area contributed by atoms with Crippen molar-refractivity contribution in [3.05, 3.63) is 59.3 Å². The van der Waals surface area contributed by atoms with Gasteiger partial charge in [-0.2, -0.15) is 0 Å². The molecule has 3 rings (SSSR count). The third-order valence-electron chi connectivity index (χ3n) is 3.89. The minimum absolute atomic E-state index is 0.117. The molecule has 0 bridgehead atoms. The van der Waals surface area contributed by atoms with Crippen LogP contribution in [-0.2, 0) is 4.79 Å². The van der Waals surface area contributed by atoms with Crippen molar-refractivity contribution < 1.29 is 23.8 Å². The molecule has 1 aliphatic heterocycles. The summed E-state index contributed by atoms with van der Waals surface area (Å²) in [7, 11) is 1.49. The van der Waals surface area contributed by atoms with Crippen LogP contribution < -0.4 is 24.8 Å². The Bertz CT molecular complexity index is 892. The first-order valence-electron chi connectivity index (χ1n) is 8.46. The Morgan fingerprint density at radius 3 is 2.70 bits per heavy atom. The van der Waals surface area contributed by atoms with E-state index in [1.54, 1.807) is 55.5 Å². The summed E-state index contributed by atoms with van der Waals surface area (Å²) in [6, 6.07) is 12.1. The van der Waals surface area contributed by atoms with Gasteiger partial charge in [0.2, 0.25) is 6.79 Å². The molecule has 2 amide bonds. The average molecular weight is 368 g/mol. The highest BCUT2D eigenvalue weighted by molar-refractivity contribution is 6.06. The van der Waals surface area contributed by atoms with Gasteiger partial charge >= 0.3 is 0 Å². The predicted molar refractivity (Wildman–Crippen MR) is 99.7 cm³/mol. The molecule has 0 fully saturated rings. The molecule has 1 aliphatic rings. The van der Waals surface area contributed by atoms with E-state index in [0.717, 1.165) is 0 Å². The number of rotatable bonds is 6. The number of carbonyl (C=O) groups is 2. The molecule has 0 atom stereocenters. The Morgan fingerprint density at radius 1 is 1.15 bits per heavy atom. The van der Waals surface area contributed by atoms with Crippen molar-refractivity contribution in [2.45, 2.75) is 6.92 Å². The fourth-order valence-electron chi connectivity index (χ4n) is 2.61. The Kier molecular flexibility index (Phi) is 5.61. The molecule has 0 saturated heterocycles. The molecule has 2 aromatic carbocycles. The fourth-order valence-corrected chi connectivity index (χ4v) is 2.61. The zero-order valence-corrected chi connectivity index (χ0v) is 15.1. The maximum Gasteiger partial charge on any atom is 0.267 e. The van der Waals surface area contributed by atoms with Crippen molar-refractivity contribution in [1.82, 2.24) is 10.6 Å². The SMILES string of the molecule is CCNC(=O)C(=Cc1ccc2c(c1)OCO2)NC(=O)c1ccccc1OC. The molecule has 0 aliphatic carbocycles. The number of likely N-dealkylation sites (N-methyl/N-ethyl adjacent to an activating group) is 1. The molecule has 7 nitrogen and oxygen atoms in total. The molecule has 7 heteroatoms. The number of amides is 2. The number of hydrogen-bond acceptors (Lipinski definition) is 5. The quantitative estimate of drug-likeness (QED) is 0.765. The predicted octanol–water partition coefficient (Wildman–Crippen LogP) is 2.33. The molecule has 0 unspecified atom stereocenters. The van der Waals surface area contributed by atoms with E-state index in [4.69, 9.17) is 14.2 Å². The van der Waals surface area contributed by atoms with Gasteiger partial charge in [-0.1, -0.05) is 18.2 Å². The number of methoxy groups -OCH3 is 1. The van der Waals surface area contributed by atoms with Crippen molar-refractivity contribution in [3.63, 3.8) is 0 Å². The molecule has 2 aromatic rings. The first kappa shape index (κ1) is 18.3. The zero-order chi connectivity index (χ0) is 19.2. The van der Waals surface area contributed by atoms with Gasteiger partial charge in [0.25, 0.3) is 11.8 Å². The van der Waals surface area contributed by atoms with Crippen LogP contribution in [0.2, 0.25) is 0 Å². The number of hydrogen-bond donors (Lipinski definition) is 2. The molecule has 0 radical (unpaired) electrons. The molecule has 27 heavy (non-hydrogen) atoms. The molecular weight excluding hydrogens is 348 g/mol. The smallest absolute Gasteiger partial charge is 0.267 e. The maximum absolute atomic E-state index is 12.7. The lowest BCUT2D eigenvalue weighted by molar-refractivity contribution is -0.117. The third-order valence-corrected chi connectivity index (χ3v) is 3.89. The monoisotopic (exact) mass is 368 g/mol. The van der Waals surface area contributed by atoms with Crippen LogP contribution in [0.1, 0.15) is 22.8 Å². The van der Waals surface area contributed by atoms with Crippen LogP contribution in [-0.4, -0.2) is 32.3 Å². The van der Waals surface area contributed by atoms with Crippen molar-refractivity contribution in [1.29, 1.82) is 0 Å². The number of para-hydroxylation sites is 1. The third kappa shape index (κ3) is 4.20. The number of fused-ring (bicyclic) bond motifs is 1. The molecule has 1 heterocycles. The highest BCUT2D eigenvalue weighted by Crippen LogP contribution is 2.33. The van der Waals surface area contributed by atoms with Gasteiger partial charge in [0.1, 0.15) is 11.4 Å². The van der Waals surface area contributed by atoms with E-state index in [2.05, 4.69) is 10.6 Å². The summed E-state index contributed by atoms with van der Waals surface area (Å²) in [5.74, 6) is 0.831. The minimum Gasteiger partial charge on any atom is -0.496 e. The van der Waals surface area contributed by atoms with Gasteiger partial charge in [-0.15, -0.1) is 0 Å². The van der Waals surface area contributed by atoms with Gasteiger partial charge in [0, 0.05) is 6.54 Å². The van der Waals surface area contributed by atoms with Crippen molar-refractivity contribution in [2.75, 3.05) is 20.4 Å². The molecular formula is C20H20N2O5. The number of benzene rings is 2. The van der Waals surface area contributed by atoms with Gasteiger partial charge < -0.3 is 24.8 Å². The standard InChI is InChI=1S/C20H20N2O5/c1-3-21-20(24)15(10-13-8-9-17-18(11-13)27-12-26-17)22-19(23)14-6-4-5-7-16(14)25-2/h4-11H,3,12H2,1-2H3,(H,21,24)(H,22,23). The van der Waals surface area contributed by atoms with Gasteiger partial charge in [0.05, 0.1) is 12.7 Å². The van der Waals surface area contributed by atoms with Gasteiger partial charge in [-0.05, 0) is 42.8 Å². The van der Waals surface area contributed by atoms with E-state index in [-0.39, 0.29) is 12.5 Å². The van der Waals surface area contributed by atoms with Gasteiger partial charge in [0.15, 0.2) is 11.5 Å². The molecule has 140 valence electrons.